The minimum Gasteiger partial charge on any atom is -0.370 e. The van der Waals surface area contributed by atoms with Gasteiger partial charge in [-0.2, -0.15) is 0 Å². The number of nitrogens with two attached hydrogens (primary N) is 1. The van der Waals surface area contributed by atoms with Crippen LogP contribution in [-0.2, 0) is 0 Å². The van der Waals surface area contributed by atoms with E-state index in [9.17, 15) is 0 Å². The maximum Gasteiger partial charge on any atom is 0.185 e. The normalized spacial score (nSPS) is 12.3. The first kappa shape index (κ1) is 19.3. The molecule has 1 unspecified atom stereocenters. The highest BCUT2D eigenvalue weighted by Crippen LogP contribution is 2.12. The highest BCUT2D eigenvalue weighted by molar-refractivity contribution is 5.74. The van der Waals surface area contributed by atoms with Crippen LogP contribution in [0.1, 0.15) is 97.3 Å². The molecule has 0 aliphatic carbocycles. The average molecular weight is 284 g/mol. The van der Waals surface area contributed by atoms with Crippen LogP contribution in [-0.4, -0.2) is 12.0 Å². The summed E-state index contributed by atoms with van der Waals surface area (Å²) in [5.74, 6) is 0.0939. The number of guanidine groups is 1. The monoisotopic (exact) mass is 283 g/mol. The van der Waals surface area contributed by atoms with Gasteiger partial charge < -0.3 is 11.1 Å². The molecule has 0 rings (SSSR count). The number of hydrogen-bond donors (Lipinski definition) is 3. The van der Waals surface area contributed by atoms with Gasteiger partial charge in [-0.1, -0.05) is 84.0 Å². The first-order valence-electron chi connectivity index (χ1n) is 8.77. The zero-order valence-electron chi connectivity index (χ0n) is 13.8. The van der Waals surface area contributed by atoms with Crippen molar-refractivity contribution in [3.8, 4) is 0 Å². The van der Waals surface area contributed by atoms with Gasteiger partial charge in [-0.15, -0.1) is 0 Å². The number of nitrogens with one attached hydrogen (secondary N) is 2. The van der Waals surface area contributed by atoms with E-state index in [1.807, 2.05) is 0 Å². The molecule has 0 aromatic carbocycles. The predicted molar refractivity (Wildman–Crippen MR) is 90.2 cm³/mol. The summed E-state index contributed by atoms with van der Waals surface area (Å²) in [6, 6.07) is 0.343. The zero-order chi connectivity index (χ0) is 15.1. The molecule has 0 heterocycles. The first-order valence-corrected chi connectivity index (χ1v) is 8.77. The molecule has 20 heavy (non-hydrogen) atoms. The van der Waals surface area contributed by atoms with Gasteiger partial charge in [0.2, 0.25) is 0 Å². The summed E-state index contributed by atoms with van der Waals surface area (Å²) in [6.45, 7) is 4.37. The standard InChI is InChI=1S/C17H37N3/c1-3-4-5-6-7-8-9-10-11-12-13-14-15-16(2)20-17(18)19/h16H,3-15H2,1-2H3,(H4,18,19,20). The molecule has 0 aromatic rings. The molecule has 120 valence electrons. The Balaban J connectivity index is 3.08. The van der Waals surface area contributed by atoms with Gasteiger partial charge in [-0.25, -0.2) is 0 Å². The molecule has 0 saturated carbocycles. The number of rotatable bonds is 14. The number of unbranched alkanes of at least 4 members (excludes halogenated alkanes) is 11. The largest absolute Gasteiger partial charge is 0.370 e. The molecule has 0 aromatic heterocycles. The molecule has 4 N–H and O–H groups in total. The lowest BCUT2D eigenvalue weighted by molar-refractivity contribution is 0.514. The van der Waals surface area contributed by atoms with Crippen LogP contribution in [0.15, 0.2) is 0 Å². The van der Waals surface area contributed by atoms with Crippen LogP contribution in [0.3, 0.4) is 0 Å². The third kappa shape index (κ3) is 15.3. The van der Waals surface area contributed by atoms with Crippen LogP contribution in [0.4, 0.5) is 0 Å². The van der Waals surface area contributed by atoms with E-state index >= 15 is 0 Å². The third-order valence-corrected chi connectivity index (χ3v) is 3.89. The fraction of sp³-hybridized carbons (Fsp3) is 0.941. The van der Waals surface area contributed by atoms with Crippen molar-refractivity contribution in [2.75, 3.05) is 0 Å². The SMILES string of the molecule is CCCCCCCCCCCCCCC(C)NC(=N)N. The van der Waals surface area contributed by atoms with E-state index in [2.05, 4.69) is 19.2 Å². The van der Waals surface area contributed by atoms with Crippen LogP contribution in [0.25, 0.3) is 0 Å². The second kappa shape index (κ2) is 14.7. The van der Waals surface area contributed by atoms with Gasteiger partial charge in [0, 0.05) is 6.04 Å². The Hall–Kier alpha value is -0.730. The van der Waals surface area contributed by atoms with Gasteiger partial charge in [-0.3, -0.25) is 5.41 Å². The molecule has 3 heteroatoms. The summed E-state index contributed by atoms with van der Waals surface area (Å²) >= 11 is 0. The van der Waals surface area contributed by atoms with Gasteiger partial charge in [0.1, 0.15) is 0 Å². The molecule has 0 fully saturated rings. The summed E-state index contributed by atoms with van der Waals surface area (Å²) in [6.07, 6.45) is 17.8. The van der Waals surface area contributed by atoms with Crippen molar-refractivity contribution < 1.29 is 0 Å². The van der Waals surface area contributed by atoms with Crippen molar-refractivity contribution >= 4 is 5.96 Å². The van der Waals surface area contributed by atoms with Gasteiger partial charge in [0.25, 0.3) is 0 Å². The Morgan fingerprint density at radius 3 is 1.65 bits per heavy atom. The summed E-state index contributed by atoms with van der Waals surface area (Å²) in [5, 5.41) is 10.1. The van der Waals surface area contributed by atoms with Crippen LogP contribution in [0, 0.1) is 5.41 Å². The summed E-state index contributed by atoms with van der Waals surface area (Å²) < 4.78 is 0. The molecule has 1 atom stereocenters. The molecule has 0 aliphatic rings. The molecular weight excluding hydrogens is 246 g/mol. The molecule has 0 bridgehead atoms. The average Bonchev–Trinajstić information content (AvgIpc) is 2.39. The molecule has 3 nitrogen and oxygen atoms in total. The topological polar surface area (TPSA) is 61.9 Å². The van der Waals surface area contributed by atoms with Crippen LogP contribution in [0.5, 0.6) is 0 Å². The lowest BCUT2D eigenvalue weighted by Crippen LogP contribution is -2.37. The van der Waals surface area contributed by atoms with E-state index in [0.717, 1.165) is 6.42 Å². The Kier molecular flexibility index (Phi) is 14.1. The highest BCUT2D eigenvalue weighted by Gasteiger charge is 2.01. The summed E-state index contributed by atoms with van der Waals surface area (Å²) in [5.41, 5.74) is 5.30. The van der Waals surface area contributed by atoms with Crippen molar-refractivity contribution in [1.82, 2.24) is 5.32 Å². The van der Waals surface area contributed by atoms with E-state index < -0.39 is 0 Å². The van der Waals surface area contributed by atoms with Crippen molar-refractivity contribution in [3.63, 3.8) is 0 Å². The maximum absolute atomic E-state index is 7.16. The van der Waals surface area contributed by atoms with Gasteiger partial charge in [0.15, 0.2) is 5.96 Å². The van der Waals surface area contributed by atoms with Gasteiger partial charge in [-0.05, 0) is 13.3 Å². The Labute approximate surface area is 126 Å². The molecule has 0 amide bonds. The van der Waals surface area contributed by atoms with Crippen LogP contribution < -0.4 is 11.1 Å². The van der Waals surface area contributed by atoms with E-state index in [0.29, 0.717) is 6.04 Å². The first-order chi connectivity index (χ1) is 9.66. The summed E-state index contributed by atoms with van der Waals surface area (Å²) in [7, 11) is 0. The second-order valence-electron chi connectivity index (χ2n) is 6.14. The van der Waals surface area contributed by atoms with Crippen molar-refractivity contribution in [2.24, 2.45) is 5.73 Å². The molecule has 0 spiro atoms. The molecular formula is C17H37N3. The van der Waals surface area contributed by atoms with E-state index in [1.54, 1.807) is 0 Å². The molecule has 0 aliphatic heterocycles. The van der Waals surface area contributed by atoms with Crippen molar-refractivity contribution in [1.29, 1.82) is 5.41 Å². The predicted octanol–water partition coefficient (Wildman–Crippen LogP) is 4.95. The fourth-order valence-corrected chi connectivity index (χ4v) is 2.63. The quantitative estimate of drug-likeness (QED) is 0.240. The molecule has 0 radical (unpaired) electrons. The summed E-state index contributed by atoms with van der Waals surface area (Å²) in [4.78, 5) is 0. The number of hydrogen-bond acceptors (Lipinski definition) is 1. The zero-order valence-corrected chi connectivity index (χ0v) is 13.8. The lowest BCUT2D eigenvalue weighted by atomic mass is 10.0. The highest BCUT2D eigenvalue weighted by atomic mass is 15.1. The van der Waals surface area contributed by atoms with E-state index in [-0.39, 0.29) is 5.96 Å². The van der Waals surface area contributed by atoms with E-state index in [4.69, 9.17) is 11.1 Å². The van der Waals surface area contributed by atoms with E-state index in [1.165, 1.54) is 77.0 Å². The van der Waals surface area contributed by atoms with Gasteiger partial charge >= 0.3 is 0 Å². The minimum atomic E-state index is 0.0939. The Morgan fingerprint density at radius 1 is 0.850 bits per heavy atom. The smallest absolute Gasteiger partial charge is 0.185 e. The van der Waals surface area contributed by atoms with Gasteiger partial charge in [0.05, 0.1) is 0 Å². The van der Waals surface area contributed by atoms with Crippen LogP contribution >= 0.6 is 0 Å². The fourth-order valence-electron chi connectivity index (χ4n) is 2.63. The minimum absolute atomic E-state index is 0.0939. The van der Waals surface area contributed by atoms with Crippen LogP contribution in [0.2, 0.25) is 0 Å². The van der Waals surface area contributed by atoms with Crippen molar-refractivity contribution in [2.45, 2.75) is 103 Å². The second-order valence-corrected chi connectivity index (χ2v) is 6.14. The van der Waals surface area contributed by atoms with Crippen molar-refractivity contribution in [3.05, 3.63) is 0 Å². The Morgan fingerprint density at radius 2 is 1.25 bits per heavy atom. The third-order valence-electron chi connectivity index (χ3n) is 3.89. The maximum atomic E-state index is 7.16. The Bertz CT molecular complexity index is 216. The lowest BCUT2D eigenvalue weighted by Gasteiger charge is -2.12. The molecule has 0 saturated heterocycles.